The van der Waals surface area contributed by atoms with Gasteiger partial charge in [0.1, 0.15) is 5.84 Å². The molecular formula is C22H14N2O. The maximum Gasteiger partial charge on any atom is 0.257 e. The quantitative estimate of drug-likeness (QED) is 0.536. The second kappa shape index (κ2) is 5.28. The lowest BCUT2D eigenvalue weighted by Crippen LogP contribution is -2.21. The molecule has 0 unspecified atom stereocenters. The van der Waals surface area contributed by atoms with Crippen molar-refractivity contribution in [1.82, 2.24) is 5.32 Å². The Bertz CT molecular complexity index is 1190. The summed E-state index contributed by atoms with van der Waals surface area (Å²) < 4.78 is 0. The molecular weight excluding hydrogens is 308 g/mol. The van der Waals surface area contributed by atoms with Crippen molar-refractivity contribution < 1.29 is 4.79 Å². The van der Waals surface area contributed by atoms with E-state index in [4.69, 9.17) is 4.99 Å². The highest BCUT2D eigenvalue weighted by molar-refractivity contribution is 6.25. The maximum atomic E-state index is 12.4. The first-order valence-electron chi connectivity index (χ1n) is 8.20. The average Bonchev–Trinajstić information content (AvgIpc) is 2.95. The van der Waals surface area contributed by atoms with Gasteiger partial charge in [-0.25, -0.2) is 4.99 Å². The lowest BCUT2D eigenvalue weighted by Gasteiger charge is -2.05. The van der Waals surface area contributed by atoms with Gasteiger partial charge in [0, 0.05) is 10.9 Å². The molecule has 0 bridgehead atoms. The molecule has 3 heteroatoms. The van der Waals surface area contributed by atoms with E-state index in [1.54, 1.807) is 0 Å². The Hall–Kier alpha value is -3.46. The van der Waals surface area contributed by atoms with E-state index in [-0.39, 0.29) is 5.91 Å². The van der Waals surface area contributed by atoms with Gasteiger partial charge in [-0.2, -0.15) is 0 Å². The molecule has 1 aliphatic rings. The third-order valence-corrected chi connectivity index (χ3v) is 4.62. The monoisotopic (exact) mass is 322 g/mol. The number of benzene rings is 4. The number of carbonyl (C=O) groups is 1. The minimum atomic E-state index is -0.0975. The summed E-state index contributed by atoms with van der Waals surface area (Å²) in [6.07, 6.45) is 0. The Morgan fingerprint density at radius 3 is 2.12 bits per heavy atom. The van der Waals surface area contributed by atoms with Crippen LogP contribution in [0.5, 0.6) is 0 Å². The lowest BCUT2D eigenvalue weighted by atomic mass is 10.0. The lowest BCUT2D eigenvalue weighted by molar-refractivity contribution is 0.0983. The Balaban J connectivity index is 1.73. The highest BCUT2D eigenvalue weighted by Crippen LogP contribution is 2.29. The Kier molecular flexibility index (Phi) is 2.94. The molecule has 0 saturated carbocycles. The topological polar surface area (TPSA) is 41.5 Å². The molecule has 0 spiro atoms. The van der Waals surface area contributed by atoms with Crippen LogP contribution in [0.15, 0.2) is 83.9 Å². The van der Waals surface area contributed by atoms with Crippen LogP contribution < -0.4 is 5.32 Å². The number of nitrogens with zero attached hydrogens (tertiary/aromatic N) is 1. The number of amides is 1. The van der Waals surface area contributed by atoms with Crippen LogP contribution in [0.3, 0.4) is 0 Å². The fraction of sp³-hybridized carbons (Fsp3) is 0. The molecule has 0 radical (unpaired) electrons. The second-order valence-corrected chi connectivity index (χ2v) is 6.16. The van der Waals surface area contributed by atoms with E-state index in [1.165, 1.54) is 0 Å². The third-order valence-electron chi connectivity index (χ3n) is 4.62. The first-order valence-corrected chi connectivity index (χ1v) is 8.20. The first kappa shape index (κ1) is 13.9. The first-order chi connectivity index (χ1) is 12.3. The van der Waals surface area contributed by atoms with Crippen LogP contribution in [0.1, 0.15) is 15.9 Å². The molecule has 0 fully saturated rings. The van der Waals surface area contributed by atoms with Crippen molar-refractivity contribution in [3.63, 3.8) is 0 Å². The number of aliphatic imine (C=N–C) groups is 1. The molecule has 0 aromatic heterocycles. The van der Waals surface area contributed by atoms with Crippen LogP contribution in [-0.2, 0) is 0 Å². The van der Waals surface area contributed by atoms with Crippen molar-refractivity contribution in [3.8, 4) is 0 Å². The molecule has 0 aliphatic carbocycles. The Labute approximate surface area is 144 Å². The van der Waals surface area contributed by atoms with E-state index < -0.39 is 0 Å². The van der Waals surface area contributed by atoms with Crippen LogP contribution in [0, 0.1) is 0 Å². The summed E-state index contributed by atoms with van der Waals surface area (Å²) in [6.45, 7) is 0. The molecule has 3 nitrogen and oxygen atoms in total. The minimum Gasteiger partial charge on any atom is -0.306 e. The van der Waals surface area contributed by atoms with Gasteiger partial charge in [-0.05, 0) is 34.4 Å². The fourth-order valence-corrected chi connectivity index (χ4v) is 3.38. The molecule has 118 valence electrons. The summed E-state index contributed by atoms with van der Waals surface area (Å²) in [4.78, 5) is 17.2. The van der Waals surface area contributed by atoms with E-state index in [0.29, 0.717) is 11.4 Å². The van der Waals surface area contributed by atoms with Crippen LogP contribution in [0.4, 0.5) is 5.69 Å². The van der Waals surface area contributed by atoms with Gasteiger partial charge in [0.05, 0.1) is 11.3 Å². The van der Waals surface area contributed by atoms with Crippen LogP contribution in [-0.4, -0.2) is 11.7 Å². The van der Waals surface area contributed by atoms with Crippen molar-refractivity contribution in [3.05, 3.63) is 90.0 Å². The summed E-state index contributed by atoms with van der Waals surface area (Å²) in [5.74, 6) is 0.516. The van der Waals surface area contributed by atoms with Crippen molar-refractivity contribution in [2.24, 2.45) is 4.99 Å². The van der Waals surface area contributed by atoms with E-state index in [1.807, 2.05) is 66.7 Å². The average molecular weight is 322 g/mol. The maximum absolute atomic E-state index is 12.4. The smallest absolute Gasteiger partial charge is 0.257 e. The number of nitrogens with one attached hydrogen (secondary N) is 1. The molecule has 4 aromatic carbocycles. The number of hydrogen-bond acceptors (Lipinski definition) is 2. The Morgan fingerprint density at radius 2 is 1.32 bits per heavy atom. The fourth-order valence-electron chi connectivity index (χ4n) is 3.38. The largest absolute Gasteiger partial charge is 0.306 e. The number of fused-ring (bicyclic) bond motifs is 3. The van der Waals surface area contributed by atoms with E-state index in [2.05, 4.69) is 17.4 Å². The SMILES string of the molecule is O=C1NC(=Nc2cccc3ccccc23)c2cc3ccccc3cc21. The molecule has 1 amide bonds. The van der Waals surface area contributed by atoms with Crippen molar-refractivity contribution >= 4 is 39.0 Å². The highest BCUT2D eigenvalue weighted by atomic mass is 16.2. The van der Waals surface area contributed by atoms with Gasteiger partial charge in [-0.1, -0.05) is 60.7 Å². The summed E-state index contributed by atoms with van der Waals surface area (Å²) in [6, 6.07) is 26.2. The van der Waals surface area contributed by atoms with Gasteiger partial charge in [-0.3, -0.25) is 4.79 Å². The van der Waals surface area contributed by atoms with E-state index in [9.17, 15) is 4.79 Å². The molecule has 0 saturated heterocycles. The van der Waals surface area contributed by atoms with E-state index >= 15 is 0 Å². The molecule has 0 atom stereocenters. The summed E-state index contributed by atoms with van der Waals surface area (Å²) in [5, 5.41) is 7.28. The summed E-state index contributed by atoms with van der Waals surface area (Å²) in [7, 11) is 0. The van der Waals surface area contributed by atoms with E-state index in [0.717, 1.165) is 32.8 Å². The second-order valence-electron chi connectivity index (χ2n) is 6.16. The van der Waals surface area contributed by atoms with Crippen molar-refractivity contribution in [2.45, 2.75) is 0 Å². The minimum absolute atomic E-state index is 0.0975. The Morgan fingerprint density at radius 1 is 0.680 bits per heavy atom. The molecule has 1 aliphatic heterocycles. The molecule has 1 N–H and O–H groups in total. The van der Waals surface area contributed by atoms with Gasteiger partial charge >= 0.3 is 0 Å². The predicted octanol–water partition coefficient (Wildman–Crippen LogP) is 4.81. The highest BCUT2D eigenvalue weighted by Gasteiger charge is 2.25. The van der Waals surface area contributed by atoms with Crippen LogP contribution >= 0.6 is 0 Å². The zero-order valence-electron chi connectivity index (χ0n) is 13.4. The zero-order chi connectivity index (χ0) is 16.8. The molecule has 5 rings (SSSR count). The van der Waals surface area contributed by atoms with Crippen molar-refractivity contribution in [1.29, 1.82) is 0 Å². The van der Waals surface area contributed by atoms with Crippen molar-refractivity contribution in [2.75, 3.05) is 0 Å². The number of hydrogen-bond donors (Lipinski definition) is 1. The van der Waals surface area contributed by atoms with Gasteiger partial charge in [-0.15, -0.1) is 0 Å². The van der Waals surface area contributed by atoms with Gasteiger partial charge in [0.15, 0.2) is 0 Å². The van der Waals surface area contributed by atoms with Gasteiger partial charge in [0.2, 0.25) is 0 Å². The standard InChI is InChI=1S/C22H14N2O/c25-22-19-13-16-8-2-1-7-15(16)12-18(19)21(24-22)23-20-11-5-9-14-6-3-4-10-17(14)20/h1-13H,(H,23,24,25). The van der Waals surface area contributed by atoms with Gasteiger partial charge in [0.25, 0.3) is 5.91 Å². The number of carbonyl (C=O) groups excluding carboxylic acids is 1. The molecule has 25 heavy (non-hydrogen) atoms. The predicted molar refractivity (Wildman–Crippen MR) is 102 cm³/mol. The van der Waals surface area contributed by atoms with Crippen LogP contribution in [0.2, 0.25) is 0 Å². The number of amidine groups is 1. The molecule has 1 heterocycles. The summed E-state index contributed by atoms with van der Waals surface area (Å²) in [5.41, 5.74) is 2.39. The van der Waals surface area contributed by atoms with Gasteiger partial charge < -0.3 is 5.32 Å². The molecule has 4 aromatic rings. The number of rotatable bonds is 1. The summed E-state index contributed by atoms with van der Waals surface area (Å²) >= 11 is 0. The third kappa shape index (κ3) is 2.21. The zero-order valence-corrected chi connectivity index (χ0v) is 13.4. The normalized spacial score (nSPS) is 14.9. The van der Waals surface area contributed by atoms with Crippen LogP contribution in [0.25, 0.3) is 21.5 Å².